The molecular formula is C26H29N3. The van der Waals surface area contributed by atoms with E-state index in [1.54, 1.807) is 0 Å². The van der Waals surface area contributed by atoms with Gasteiger partial charge in [0.1, 0.15) is 0 Å². The number of nitrogens with zero attached hydrogens (tertiary/aromatic N) is 3. The molecule has 148 valence electrons. The second-order valence-electron chi connectivity index (χ2n) is 10.5. The third-order valence-corrected chi connectivity index (χ3v) is 6.31. The Kier molecular flexibility index (Phi) is 3.46. The van der Waals surface area contributed by atoms with Crippen molar-refractivity contribution in [3.05, 3.63) is 53.1 Å². The van der Waals surface area contributed by atoms with Gasteiger partial charge in [-0.1, -0.05) is 59.7 Å². The number of aryl methyl sites for hydroxylation is 2. The summed E-state index contributed by atoms with van der Waals surface area (Å²) in [5.41, 5.74) is 8.62. The number of para-hydroxylation sites is 1. The van der Waals surface area contributed by atoms with Crippen LogP contribution in [0.2, 0.25) is 0 Å². The molecule has 0 aliphatic rings. The van der Waals surface area contributed by atoms with Crippen molar-refractivity contribution in [2.45, 2.75) is 66.2 Å². The molecule has 0 spiro atoms. The fourth-order valence-corrected chi connectivity index (χ4v) is 5.29. The van der Waals surface area contributed by atoms with Crippen molar-refractivity contribution in [3.8, 4) is 0 Å². The fraction of sp³-hybridized carbons (Fsp3) is 0.385. The van der Waals surface area contributed by atoms with Crippen LogP contribution < -0.4 is 0 Å². The van der Waals surface area contributed by atoms with E-state index in [9.17, 15) is 0 Å². The largest absolute Gasteiger partial charge is 0.305 e. The lowest BCUT2D eigenvalue weighted by molar-refractivity contribution is 0.566. The Labute approximate surface area is 172 Å². The zero-order chi connectivity index (χ0) is 20.9. The summed E-state index contributed by atoms with van der Waals surface area (Å²) < 4.78 is 2.38. The highest BCUT2D eigenvalue weighted by molar-refractivity contribution is 6.24. The molecule has 0 aliphatic heterocycles. The van der Waals surface area contributed by atoms with Crippen LogP contribution in [0.15, 0.2) is 30.6 Å². The van der Waals surface area contributed by atoms with Gasteiger partial charge in [-0.3, -0.25) is 9.97 Å². The van der Waals surface area contributed by atoms with Crippen LogP contribution in [-0.2, 0) is 10.8 Å². The zero-order valence-corrected chi connectivity index (χ0v) is 18.7. The van der Waals surface area contributed by atoms with Crippen LogP contribution in [0.1, 0.15) is 64.1 Å². The molecule has 0 unspecified atom stereocenters. The first kappa shape index (κ1) is 18.4. The summed E-state index contributed by atoms with van der Waals surface area (Å²) in [6, 6.07) is 6.72. The van der Waals surface area contributed by atoms with Crippen molar-refractivity contribution < 1.29 is 0 Å². The Bertz CT molecular complexity index is 1320. The Morgan fingerprint density at radius 3 is 1.48 bits per heavy atom. The SMILES string of the molecule is Cc1c(C(C)(C)C)ncc2c1c1cccc3c4c(C)c(C(C)(C)C)ncc4n2c13. The van der Waals surface area contributed by atoms with Gasteiger partial charge in [0.05, 0.1) is 28.9 Å². The average Bonchev–Trinajstić information content (AvgIpc) is 3.12. The molecule has 0 aliphatic carbocycles. The molecular weight excluding hydrogens is 354 g/mol. The monoisotopic (exact) mass is 383 g/mol. The van der Waals surface area contributed by atoms with Gasteiger partial charge in [-0.2, -0.15) is 0 Å². The minimum atomic E-state index is 0.0199. The van der Waals surface area contributed by atoms with Crippen LogP contribution in [-0.4, -0.2) is 14.4 Å². The van der Waals surface area contributed by atoms with E-state index in [4.69, 9.17) is 9.97 Å². The standard InChI is InChI=1S/C26H29N3/c1-14-20-16-10-9-11-17-21-15(2)24(26(6,7)8)28-13-19(21)29(22(16)17)18(20)12-27-23(14)25(3,4)5/h9-13H,1-8H3. The highest BCUT2D eigenvalue weighted by Gasteiger charge is 2.26. The van der Waals surface area contributed by atoms with Crippen molar-refractivity contribution in [2.24, 2.45) is 0 Å². The number of rotatable bonds is 0. The molecule has 0 saturated carbocycles. The van der Waals surface area contributed by atoms with Crippen LogP contribution in [0.3, 0.4) is 0 Å². The van der Waals surface area contributed by atoms with Crippen molar-refractivity contribution >= 4 is 38.1 Å². The van der Waals surface area contributed by atoms with Crippen LogP contribution in [0.4, 0.5) is 0 Å². The molecule has 3 heteroatoms. The highest BCUT2D eigenvalue weighted by Crippen LogP contribution is 2.43. The first-order valence-corrected chi connectivity index (χ1v) is 10.5. The molecule has 1 aromatic carbocycles. The molecule has 0 amide bonds. The molecule has 0 fully saturated rings. The molecule has 0 bridgehead atoms. The van der Waals surface area contributed by atoms with E-state index >= 15 is 0 Å². The highest BCUT2D eigenvalue weighted by atomic mass is 14.9. The summed E-state index contributed by atoms with van der Waals surface area (Å²) in [4.78, 5) is 9.83. The van der Waals surface area contributed by atoms with Gasteiger partial charge in [-0.25, -0.2) is 0 Å². The lowest BCUT2D eigenvalue weighted by Crippen LogP contribution is -2.15. The molecule has 3 nitrogen and oxygen atoms in total. The van der Waals surface area contributed by atoms with Gasteiger partial charge in [-0.05, 0) is 25.0 Å². The summed E-state index contributed by atoms with van der Waals surface area (Å²) in [5.74, 6) is 0. The van der Waals surface area contributed by atoms with Crippen molar-refractivity contribution in [2.75, 3.05) is 0 Å². The second-order valence-corrected chi connectivity index (χ2v) is 10.5. The number of fused-ring (bicyclic) bond motifs is 6. The van der Waals surface area contributed by atoms with Crippen LogP contribution in [0.5, 0.6) is 0 Å². The summed E-state index contributed by atoms with van der Waals surface area (Å²) in [7, 11) is 0. The van der Waals surface area contributed by atoms with Gasteiger partial charge in [0.25, 0.3) is 0 Å². The molecule has 0 N–H and O–H groups in total. The van der Waals surface area contributed by atoms with Crippen molar-refractivity contribution in [1.82, 2.24) is 14.4 Å². The predicted octanol–water partition coefficient (Wildman–Crippen LogP) is 6.84. The molecule has 5 aromatic rings. The van der Waals surface area contributed by atoms with Crippen LogP contribution in [0.25, 0.3) is 38.1 Å². The number of aromatic nitrogens is 3. The molecule has 4 heterocycles. The van der Waals surface area contributed by atoms with E-state index in [-0.39, 0.29) is 10.8 Å². The Balaban J connectivity index is 2.04. The smallest absolute Gasteiger partial charge is 0.0728 e. The quantitative estimate of drug-likeness (QED) is 0.293. The molecule has 29 heavy (non-hydrogen) atoms. The lowest BCUT2D eigenvalue weighted by atomic mass is 9.87. The minimum absolute atomic E-state index is 0.0199. The fourth-order valence-electron chi connectivity index (χ4n) is 5.29. The average molecular weight is 384 g/mol. The molecule has 0 radical (unpaired) electrons. The normalized spacial score (nSPS) is 13.5. The number of pyridine rings is 2. The maximum absolute atomic E-state index is 4.92. The van der Waals surface area contributed by atoms with Gasteiger partial charge in [0.2, 0.25) is 0 Å². The Morgan fingerprint density at radius 1 is 0.690 bits per heavy atom. The Morgan fingerprint density at radius 2 is 1.10 bits per heavy atom. The summed E-state index contributed by atoms with van der Waals surface area (Å²) in [6.07, 6.45) is 4.13. The number of benzene rings is 1. The summed E-state index contributed by atoms with van der Waals surface area (Å²) in [6.45, 7) is 17.9. The minimum Gasteiger partial charge on any atom is -0.305 e. The zero-order valence-electron chi connectivity index (χ0n) is 18.7. The summed E-state index contributed by atoms with van der Waals surface area (Å²) >= 11 is 0. The molecule has 0 atom stereocenters. The van der Waals surface area contributed by atoms with Crippen molar-refractivity contribution in [1.29, 1.82) is 0 Å². The maximum Gasteiger partial charge on any atom is 0.0728 e. The van der Waals surface area contributed by atoms with E-state index in [0.29, 0.717) is 0 Å². The van der Waals surface area contributed by atoms with E-state index in [1.807, 2.05) is 0 Å². The first-order valence-electron chi connectivity index (χ1n) is 10.5. The van der Waals surface area contributed by atoms with E-state index < -0.39 is 0 Å². The molecule has 5 rings (SSSR count). The summed E-state index contributed by atoms with van der Waals surface area (Å²) in [5, 5.41) is 5.28. The van der Waals surface area contributed by atoms with Gasteiger partial charge in [0, 0.05) is 43.8 Å². The van der Waals surface area contributed by atoms with Gasteiger partial charge in [0.15, 0.2) is 0 Å². The van der Waals surface area contributed by atoms with E-state index in [2.05, 4.69) is 90.4 Å². The van der Waals surface area contributed by atoms with Crippen LogP contribution in [0, 0.1) is 13.8 Å². The Hall–Kier alpha value is -2.68. The van der Waals surface area contributed by atoms with Gasteiger partial charge in [-0.15, -0.1) is 0 Å². The van der Waals surface area contributed by atoms with Gasteiger partial charge >= 0.3 is 0 Å². The third-order valence-electron chi connectivity index (χ3n) is 6.31. The van der Waals surface area contributed by atoms with Gasteiger partial charge < -0.3 is 4.40 Å². The lowest BCUT2D eigenvalue weighted by Gasteiger charge is -2.21. The third kappa shape index (κ3) is 2.30. The van der Waals surface area contributed by atoms with E-state index in [0.717, 1.165) is 0 Å². The van der Waals surface area contributed by atoms with Crippen LogP contribution >= 0.6 is 0 Å². The number of hydrogen-bond acceptors (Lipinski definition) is 2. The maximum atomic E-state index is 4.92. The topological polar surface area (TPSA) is 30.2 Å². The number of hydrogen-bond donors (Lipinski definition) is 0. The second kappa shape index (κ2) is 5.47. The predicted molar refractivity (Wildman–Crippen MR) is 124 cm³/mol. The van der Waals surface area contributed by atoms with E-state index in [1.165, 1.54) is 60.6 Å². The molecule has 0 saturated heterocycles. The molecule has 4 aromatic heterocycles. The first-order chi connectivity index (χ1) is 13.5. The van der Waals surface area contributed by atoms with Crippen molar-refractivity contribution in [3.63, 3.8) is 0 Å².